The van der Waals surface area contributed by atoms with E-state index >= 15 is 0 Å². The van der Waals surface area contributed by atoms with E-state index in [2.05, 4.69) is 20.4 Å². The minimum Gasteiger partial charge on any atom is -0.405 e. The number of rotatable bonds is 6. The van der Waals surface area contributed by atoms with E-state index in [-0.39, 0.29) is 18.3 Å². The molecule has 2 N–H and O–H groups in total. The number of para-hydroxylation sites is 1. The van der Waals surface area contributed by atoms with E-state index in [4.69, 9.17) is 0 Å². The van der Waals surface area contributed by atoms with Crippen LogP contribution in [0, 0.1) is 0 Å². The van der Waals surface area contributed by atoms with Gasteiger partial charge >= 0.3 is 6.36 Å². The normalized spacial score (nSPS) is 13.6. The van der Waals surface area contributed by atoms with Crippen molar-refractivity contribution in [3.8, 4) is 5.75 Å². The Morgan fingerprint density at radius 1 is 1.27 bits per heavy atom. The number of guanidine groups is 1. The molecule has 1 atom stereocenters. The summed E-state index contributed by atoms with van der Waals surface area (Å²) < 4.78 is 41.1. The number of ether oxygens (including phenoxy) is 1. The molecule has 0 saturated carbocycles. The van der Waals surface area contributed by atoms with Gasteiger partial charge in [0, 0.05) is 18.2 Å². The van der Waals surface area contributed by atoms with E-state index in [1.807, 2.05) is 20.8 Å². The molecule has 1 rings (SSSR count). The summed E-state index contributed by atoms with van der Waals surface area (Å²) in [7, 11) is 0. The van der Waals surface area contributed by atoms with Crippen molar-refractivity contribution in [1.29, 1.82) is 0 Å². The summed E-state index contributed by atoms with van der Waals surface area (Å²) in [6.07, 6.45) is -3.79. The first-order valence-electron chi connectivity index (χ1n) is 7.24. The summed E-state index contributed by atoms with van der Waals surface area (Å²) in [5.41, 5.74) is 0.376. The molecule has 0 radical (unpaired) electrons. The molecule has 0 aliphatic rings. The van der Waals surface area contributed by atoms with Crippen LogP contribution < -0.4 is 15.4 Å². The molecule has 0 amide bonds. The number of nitrogens with one attached hydrogen (secondary N) is 2. The predicted molar refractivity (Wildman–Crippen MR) is 80.8 cm³/mol. The highest BCUT2D eigenvalue weighted by atomic mass is 19.4. The third kappa shape index (κ3) is 6.69. The van der Waals surface area contributed by atoms with Crippen molar-refractivity contribution in [2.45, 2.75) is 46.1 Å². The van der Waals surface area contributed by atoms with Crippen molar-refractivity contribution < 1.29 is 17.9 Å². The van der Waals surface area contributed by atoms with Crippen LogP contribution in [0.5, 0.6) is 5.75 Å². The second kappa shape index (κ2) is 8.51. The van der Waals surface area contributed by atoms with Gasteiger partial charge in [0.1, 0.15) is 5.75 Å². The molecule has 0 bridgehead atoms. The average molecular weight is 317 g/mol. The van der Waals surface area contributed by atoms with Gasteiger partial charge in [0.2, 0.25) is 0 Å². The summed E-state index contributed by atoms with van der Waals surface area (Å²) in [6, 6.07) is 6.23. The molecule has 0 spiro atoms. The monoisotopic (exact) mass is 317 g/mol. The standard InChI is InChI=1S/C15H22F3N3O/c1-4-11(3)21-14(19-5-2)20-10-12-8-6-7-9-13(12)22-15(16,17)18/h6-9,11H,4-5,10H2,1-3H3,(H2,19,20,21). The molecule has 0 heterocycles. The molecule has 1 aromatic rings. The Kier molecular flexibility index (Phi) is 7.01. The van der Waals surface area contributed by atoms with E-state index in [0.29, 0.717) is 18.1 Å². The van der Waals surface area contributed by atoms with Gasteiger partial charge in [-0.05, 0) is 26.3 Å². The lowest BCUT2D eigenvalue weighted by Gasteiger charge is -2.17. The lowest BCUT2D eigenvalue weighted by atomic mass is 10.2. The molecule has 1 unspecified atom stereocenters. The number of nitrogens with zero attached hydrogens (tertiary/aromatic N) is 1. The van der Waals surface area contributed by atoms with Crippen LogP contribution in [0.25, 0.3) is 0 Å². The third-order valence-corrected chi connectivity index (χ3v) is 2.95. The van der Waals surface area contributed by atoms with Crippen LogP contribution in [0.4, 0.5) is 13.2 Å². The zero-order valence-electron chi connectivity index (χ0n) is 13.0. The fraction of sp³-hybridized carbons (Fsp3) is 0.533. The van der Waals surface area contributed by atoms with Crippen molar-refractivity contribution in [2.75, 3.05) is 6.54 Å². The fourth-order valence-electron chi connectivity index (χ4n) is 1.68. The summed E-state index contributed by atoms with van der Waals surface area (Å²) in [5.74, 6) is 0.344. The van der Waals surface area contributed by atoms with Crippen LogP contribution in [-0.2, 0) is 6.54 Å². The second-order valence-corrected chi connectivity index (χ2v) is 4.80. The number of hydrogen-bond donors (Lipinski definition) is 2. The van der Waals surface area contributed by atoms with Crippen LogP contribution >= 0.6 is 0 Å². The Hall–Kier alpha value is -1.92. The van der Waals surface area contributed by atoms with Gasteiger partial charge in [0.05, 0.1) is 6.54 Å². The lowest BCUT2D eigenvalue weighted by molar-refractivity contribution is -0.274. The summed E-state index contributed by atoms with van der Waals surface area (Å²) in [6.45, 7) is 6.73. The van der Waals surface area contributed by atoms with Crippen molar-refractivity contribution in [1.82, 2.24) is 10.6 Å². The average Bonchev–Trinajstić information content (AvgIpc) is 2.44. The third-order valence-electron chi connectivity index (χ3n) is 2.95. The first-order valence-corrected chi connectivity index (χ1v) is 7.24. The molecule has 22 heavy (non-hydrogen) atoms. The molecule has 0 aliphatic carbocycles. The van der Waals surface area contributed by atoms with Crippen LogP contribution in [0.2, 0.25) is 0 Å². The van der Waals surface area contributed by atoms with E-state index in [1.165, 1.54) is 12.1 Å². The van der Waals surface area contributed by atoms with Gasteiger partial charge in [0.15, 0.2) is 5.96 Å². The van der Waals surface area contributed by atoms with Crippen molar-refractivity contribution in [3.05, 3.63) is 29.8 Å². The number of alkyl halides is 3. The second-order valence-electron chi connectivity index (χ2n) is 4.80. The predicted octanol–water partition coefficient (Wildman–Crippen LogP) is 3.44. The maximum absolute atomic E-state index is 12.4. The van der Waals surface area contributed by atoms with E-state index in [9.17, 15) is 13.2 Å². The number of hydrogen-bond acceptors (Lipinski definition) is 2. The van der Waals surface area contributed by atoms with Gasteiger partial charge in [-0.25, -0.2) is 4.99 Å². The van der Waals surface area contributed by atoms with E-state index in [0.717, 1.165) is 6.42 Å². The number of benzene rings is 1. The van der Waals surface area contributed by atoms with Gasteiger partial charge < -0.3 is 15.4 Å². The molecule has 4 nitrogen and oxygen atoms in total. The smallest absolute Gasteiger partial charge is 0.405 e. The molecule has 0 fully saturated rings. The van der Waals surface area contributed by atoms with Gasteiger partial charge in [0.25, 0.3) is 0 Å². The van der Waals surface area contributed by atoms with E-state index < -0.39 is 6.36 Å². The zero-order valence-corrected chi connectivity index (χ0v) is 13.0. The molecule has 7 heteroatoms. The van der Waals surface area contributed by atoms with Crippen LogP contribution in [-0.4, -0.2) is 24.9 Å². The maximum Gasteiger partial charge on any atom is 0.573 e. The highest BCUT2D eigenvalue weighted by Gasteiger charge is 2.31. The van der Waals surface area contributed by atoms with Crippen LogP contribution in [0.3, 0.4) is 0 Å². The van der Waals surface area contributed by atoms with Crippen molar-refractivity contribution in [3.63, 3.8) is 0 Å². The quantitative estimate of drug-likeness (QED) is 0.624. The maximum atomic E-state index is 12.4. The van der Waals surface area contributed by atoms with Crippen molar-refractivity contribution >= 4 is 5.96 Å². The molecular weight excluding hydrogens is 295 g/mol. The Morgan fingerprint density at radius 3 is 2.55 bits per heavy atom. The highest BCUT2D eigenvalue weighted by molar-refractivity contribution is 5.80. The van der Waals surface area contributed by atoms with Gasteiger partial charge in [-0.2, -0.15) is 0 Å². The Balaban J connectivity index is 2.85. The molecule has 0 aliphatic heterocycles. The van der Waals surface area contributed by atoms with Crippen molar-refractivity contribution in [2.24, 2.45) is 4.99 Å². The summed E-state index contributed by atoms with van der Waals surface area (Å²) in [4.78, 5) is 4.31. The molecule has 124 valence electrons. The lowest BCUT2D eigenvalue weighted by Crippen LogP contribution is -2.41. The first kappa shape index (κ1) is 18.1. The SMILES string of the molecule is CCNC(=NCc1ccccc1OC(F)(F)F)NC(C)CC. The molecule has 0 saturated heterocycles. The summed E-state index contributed by atoms with van der Waals surface area (Å²) in [5, 5.41) is 6.24. The first-order chi connectivity index (χ1) is 10.4. The molecule has 1 aromatic carbocycles. The van der Waals surface area contributed by atoms with Crippen LogP contribution in [0.1, 0.15) is 32.8 Å². The van der Waals surface area contributed by atoms with Gasteiger partial charge in [-0.15, -0.1) is 13.2 Å². The Bertz CT molecular complexity index is 489. The highest BCUT2D eigenvalue weighted by Crippen LogP contribution is 2.26. The summed E-state index contributed by atoms with van der Waals surface area (Å²) >= 11 is 0. The van der Waals surface area contributed by atoms with Gasteiger partial charge in [-0.1, -0.05) is 25.1 Å². The molecule has 0 aromatic heterocycles. The minimum absolute atomic E-state index is 0.0953. The zero-order chi connectivity index (χ0) is 16.6. The number of halogens is 3. The largest absolute Gasteiger partial charge is 0.573 e. The number of aliphatic imine (C=N–C) groups is 1. The molecular formula is C15H22F3N3O. The van der Waals surface area contributed by atoms with E-state index in [1.54, 1.807) is 12.1 Å². The van der Waals surface area contributed by atoms with Gasteiger partial charge in [-0.3, -0.25) is 0 Å². The fourth-order valence-corrected chi connectivity index (χ4v) is 1.68. The Labute approximate surface area is 128 Å². The van der Waals surface area contributed by atoms with Crippen LogP contribution in [0.15, 0.2) is 29.3 Å². The Morgan fingerprint density at radius 2 is 1.95 bits per heavy atom. The minimum atomic E-state index is -4.71. The topological polar surface area (TPSA) is 45.7 Å².